The number of halogens is 2. The van der Waals surface area contributed by atoms with Crippen LogP contribution in [0.5, 0.6) is 0 Å². The summed E-state index contributed by atoms with van der Waals surface area (Å²) in [6.45, 7) is 17.8. The largest absolute Gasteiger partial charge is 0.377 e. The minimum Gasteiger partial charge on any atom is -0.292 e. The summed E-state index contributed by atoms with van der Waals surface area (Å²) in [5, 5.41) is 0. The van der Waals surface area contributed by atoms with E-state index >= 15 is 8.78 Å². The van der Waals surface area contributed by atoms with Crippen molar-refractivity contribution in [1.29, 1.82) is 0 Å². The summed E-state index contributed by atoms with van der Waals surface area (Å²) in [6, 6.07) is 4.71. The van der Waals surface area contributed by atoms with Crippen molar-refractivity contribution in [3.63, 3.8) is 0 Å². The highest BCUT2D eigenvalue weighted by atomic mass is 19.1. The Hall–Kier alpha value is -4.31. The fourth-order valence-electron chi connectivity index (χ4n) is 3.29. The average Bonchev–Trinajstić information content (AvgIpc) is 2.94. The molecule has 2 rings (SSSR count). The van der Waals surface area contributed by atoms with Crippen LogP contribution in [0.2, 0.25) is 0 Å². The molecule has 264 valence electrons. The highest BCUT2D eigenvalue weighted by Crippen LogP contribution is 2.32. The van der Waals surface area contributed by atoms with Crippen molar-refractivity contribution >= 4 is 29.7 Å². The molecular weight excluding hydrogens is 642 g/mol. The van der Waals surface area contributed by atoms with Gasteiger partial charge in [-0.15, -0.1) is 0 Å². The molecule has 0 bridgehead atoms. The van der Waals surface area contributed by atoms with Crippen molar-refractivity contribution in [2.24, 2.45) is 0 Å². The minimum absolute atomic E-state index is 0.506. The van der Waals surface area contributed by atoms with Gasteiger partial charge in [-0.05, 0) is 89.2 Å². The number of rotatable bonds is 10. The van der Waals surface area contributed by atoms with E-state index in [1.807, 2.05) is 0 Å². The normalized spacial score (nSPS) is 12.3. The van der Waals surface area contributed by atoms with Crippen LogP contribution in [-0.2, 0) is 39.1 Å². The molecule has 0 aliphatic heterocycles. The van der Waals surface area contributed by atoms with E-state index < -0.39 is 97.1 Å². The number of ketones is 1. The maximum absolute atomic E-state index is 16.5. The van der Waals surface area contributed by atoms with Crippen LogP contribution in [0.25, 0.3) is 0 Å². The first-order valence-corrected chi connectivity index (χ1v) is 14.5. The Bertz CT molecular complexity index is 1510. The molecule has 15 heteroatoms. The lowest BCUT2D eigenvalue weighted by Crippen LogP contribution is -2.30. The first kappa shape index (κ1) is 39.9. The van der Waals surface area contributed by atoms with Crippen molar-refractivity contribution < 1.29 is 71.9 Å². The van der Waals surface area contributed by atoms with Crippen molar-refractivity contribution in [2.45, 2.75) is 105 Å². The third-order valence-corrected chi connectivity index (χ3v) is 5.08. The lowest BCUT2D eigenvalue weighted by atomic mass is 9.90. The Labute approximate surface area is 276 Å². The van der Waals surface area contributed by atoms with E-state index in [1.165, 1.54) is 74.4 Å². The first-order valence-electron chi connectivity index (χ1n) is 14.5. The summed E-state index contributed by atoms with van der Waals surface area (Å²) >= 11 is 0. The molecule has 0 aliphatic rings. The molecule has 0 radical (unpaired) electrons. The Morgan fingerprint density at radius 3 is 1.06 bits per heavy atom. The minimum atomic E-state index is -1.98. The highest BCUT2D eigenvalue weighted by Gasteiger charge is 2.41. The molecule has 48 heavy (non-hydrogen) atoms. The second-order valence-corrected chi connectivity index (χ2v) is 14.3. The lowest BCUT2D eigenvalue weighted by molar-refractivity contribution is -0.303. The van der Waals surface area contributed by atoms with Gasteiger partial charge in [0, 0.05) is 5.56 Å². The molecule has 0 spiro atoms. The van der Waals surface area contributed by atoms with E-state index in [4.69, 9.17) is 39.1 Å². The molecule has 2 aromatic rings. The second-order valence-electron chi connectivity index (χ2n) is 14.3. The Kier molecular flexibility index (Phi) is 12.3. The Balaban J connectivity index is 2.98. The van der Waals surface area contributed by atoms with E-state index in [1.54, 1.807) is 20.8 Å². The summed E-state index contributed by atoms with van der Waals surface area (Å²) < 4.78 is 33.0. The van der Waals surface area contributed by atoms with Crippen molar-refractivity contribution in [1.82, 2.24) is 0 Å². The highest BCUT2D eigenvalue weighted by molar-refractivity contribution is 6.18. The molecule has 2 aromatic carbocycles. The molecule has 0 N–H and O–H groups in total. The third-order valence-electron chi connectivity index (χ3n) is 5.08. The van der Waals surface area contributed by atoms with Gasteiger partial charge in [0.1, 0.15) is 33.5 Å². The van der Waals surface area contributed by atoms with E-state index in [-0.39, 0.29) is 0 Å². The molecule has 0 amide bonds. The summed E-state index contributed by atoms with van der Waals surface area (Å²) in [6.07, 6.45) is 0. The van der Waals surface area contributed by atoms with Crippen LogP contribution in [0, 0.1) is 11.6 Å². The van der Waals surface area contributed by atoms with Gasteiger partial charge >= 0.3 is 23.9 Å². The number of benzene rings is 2. The molecule has 0 atom stereocenters. The fourth-order valence-corrected chi connectivity index (χ4v) is 3.29. The predicted molar refractivity (Wildman–Crippen MR) is 161 cm³/mol. The molecule has 0 saturated carbocycles. The summed E-state index contributed by atoms with van der Waals surface area (Å²) in [4.78, 5) is 106. The van der Waals surface area contributed by atoms with Crippen molar-refractivity contribution in [3.8, 4) is 0 Å². The monoisotopic (exact) mass is 682 g/mol. The molecule has 0 heterocycles. The van der Waals surface area contributed by atoms with Gasteiger partial charge < -0.3 is 0 Å². The SMILES string of the molecule is CC(C)(C)OOC(=O)c1ccccc1C(=O)c1c(F)c(C(=O)OOC(C)(C)C)c(C(=O)OOC(C)(C)C)c(C(=O)OOC(C)(C)C)c1F. The van der Waals surface area contributed by atoms with Crippen molar-refractivity contribution in [3.05, 3.63) is 69.3 Å². The molecule has 0 aromatic heterocycles. The van der Waals surface area contributed by atoms with Gasteiger partial charge in [-0.25, -0.2) is 28.0 Å². The molecule has 0 unspecified atom stereocenters. The lowest BCUT2D eigenvalue weighted by Gasteiger charge is -2.22. The summed E-state index contributed by atoms with van der Waals surface area (Å²) in [5.74, 6) is -12.1. The average molecular weight is 683 g/mol. The van der Waals surface area contributed by atoms with Crippen molar-refractivity contribution in [2.75, 3.05) is 0 Å². The van der Waals surface area contributed by atoms with Crippen LogP contribution in [0.3, 0.4) is 0 Å². The van der Waals surface area contributed by atoms with Crippen LogP contribution < -0.4 is 0 Å². The van der Waals surface area contributed by atoms with Gasteiger partial charge in [-0.1, -0.05) is 18.2 Å². The van der Waals surface area contributed by atoms with Crippen LogP contribution in [-0.4, -0.2) is 52.1 Å². The van der Waals surface area contributed by atoms with Gasteiger partial charge in [-0.2, -0.15) is 19.6 Å². The maximum Gasteiger partial charge on any atom is 0.377 e. The summed E-state index contributed by atoms with van der Waals surface area (Å²) in [5.41, 5.74) is -11.5. The Morgan fingerprint density at radius 1 is 0.438 bits per heavy atom. The van der Waals surface area contributed by atoms with Gasteiger partial charge in [0.15, 0.2) is 17.4 Å². The number of hydrogen-bond donors (Lipinski definition) is 0. The number of carbonyl (C=O) groups is 5. The smallest absolute Gasteiger partial charge is 0.292 e. The van der Waals surface area contributed by atoms with Crippen LogP contribution in [0.1, 0.15) is 140 Å². The molecule has 0 aliphatic carbocycles. The first-order chi connectivity index (χ1) is 21.7. The molecule has 0 saturated heterocycles. The van der Waals surface area contributed by atoms with Crippen LogP contribution in [0.15, 0.2) is 24.3 Å². The standard InChI is InChI=1S/C33H40F2O13/c1-30(2,3)45-41-26(37)18-16-14-13-15-17(18)25(36)22-23(34)20(28(39)43-47-32(7,8)9)19(27(38)42-46-31(4,5)6)21(24(22)35)29(40)44-48-33(10,11)12/h13-16H,1-12H3. The van der Waals surface area contributed by atoms with Gasteiger partial charge in [0.2, 0.25) is 0 Å². The fraction of sp³-hybridized carbons (Fsp3) is 0.485. The quantitative estimate of drug-likeness (QED) is 0.147. The second kappa shape index (κ2) is 14.8. The van der Waals surface area contributed by atoms with Crippen LogP contribution >= 0.6 is 0 Å². The number of hydrogen-bond acceptors (Lipinski definition) is 13. The predicted octanol–water partition coefficient (Wildman–Crippen LogP) is 6.74. The van der Waals surface area contributed by atoms with E-state index in [2.05, 4.69) is 0 Å². The van der Waals surface area contributed by atoms with Gasteiger partial charge in [0.25, 0.3) is 0 Å². The maximum atomic E-state index is 16.5. The Morgan fingerprint density at radius 2 is 0.729 bits per heavy atom. The zero-order valence-electron chi connectivity index (χ0n) is 28.9. The zero-order valence-corrected chi connectivity index (χ0v) is 28.9. The van der Waals surface area contributed by atoms with Gasteiger partial charge in [0.05, 0.1) is 16.7 Å². The molecular formula is C33H40F2O13. The van der Waals surface area contributed by atoms with Crippen LogP contribution in [0.4, 0.5) is 8.78 Å². The number of carbonyl (C=O) groups excluding carboxylic acids is 5. The van der Waals surface area contributed by atoms with E-state index in [9.17, 15) is 24.0 Å². The third kappa shape index (κ3) is 11.1. The molecule has 0 fully saturated rings. The van der Waals surface area contributed by atoms with Gasteiger partial charge in [-0.3, -0.25) is 24.3 Å². The zero-order chi connectivity index (χ0) is 37.0. The van der Waals surface area contributed by atoms with E-state index in [0.717, 1.165) is 12.1 Å². The summed E-state index contributed by atoms with van der Waals surface area (Å²) in [7, 11) is 0. The topological polar surface area (TPSA) is 159 Å². The molecule has 13 nitrogen and oxygen atoms in total. The van der Waals surface area contributed by atoms with E-state index in [0.29, 0.717) is 0 Å².